The Balaban J connectivity index is 1.31. The molecular formula is C24H23N5O2. The van der Waals surface area contributed by atoms with Gasteiger partial charge in [0, 0.05) is 24.0 Å². The Kier molecular flexibility index (Phi) is 6.12. The number of benzene rings is 2. The number of amides is 1. The molecule has 2 aromatic carbocycles. The van der Waals surface area contributed by atoms with Crippen molar-refractivity contribution in [2.24, 2.45) is 0 Å². The van der Waals surface area contributed by atoms with Crippen LogP contribution >= 0.6 is 0 Å². The number of hydrogen-bond donors (Lipinski definition) is 1. The fourth-order valence-corrected chi connectivity index (χ4v) is 3.06. The second-order valence-corrected chi connectivity index (χ2v) is 7.50. The number of rotatable bonds is 7. The third-order valence-electron chi connectivity index (χ3n) is 4.84. The second-order valence-electron chi connectivity index (χ2n) is 7.50. The van der Waals surface area contributed by atoms with Crippen molar-refractivity contribution in [3.8, 4) is 22.8 Å². The molecule has 0 fully saturated rings. The lowest BCUT2D eigenvalue weighted by molar-refractivity contribution is -0.116. The lowest BCUT2D eigenvalue weighted by Gasteiger charge is -2.05. The largest absolute Gasteiger partial charge is 0.339 e. The third-order valence-corrected chi connectivity index (χ3v) is 4.84. The normalized spacial score (nSPS) is 10.9. The van der Waals surface area contributed by atoms with Crippen LogP contribution in [0.4, 0.5) is 5.69 Å². The molecule has 31 heavy (non-hydrogen) atoms. The first-order chi connectivity index (χ1) is 15.1. The van der Waals surface area contributed by atoms with Gasteiger partial charge in [-0.3, -0.25) is 4.79 Å². The van der Waals surface area contributed by atoms with Gasteiger partial charge in [-0.15, -0.1) is 0 Å². The molecule has 2 aromatic heterocycles. The number of nitrogens with one attached hydrogen (secondary N) is 1. The van der Waals surface area contributed by atoms with E-state index in [4.69, 9.17) is 4.52 Å². The topological polar surface area (TPSA) is 93.8 Å². The molecule has 0 atom stereocenters. The molecule has 0 bridgehead atoms. The lowest BCUT2D eigenvalue weighted by Crippen LogP contribution is -2.13. The summed E-state index contributed by atoms with van der Waals surface area (Å²) in [6.45, 7) is 4.30. The summed E-state index contributed by atoms with van der Waals surface area (Å²) in [6, 6.07) is 17.8. The molecule has 0 spiro atoms. The summed E-state index contributed by atoms with van der Waals surface area (Å²) in [5.74, 6) is 1.85. The van der Waals surface area contributed by atoms with Gasteiger partial charge in [0.2, 0.25) is 17.6 Å². The Labute approximate surface area is 180 Å². The van der Waals surface area contributed by atoms with Crippen molar-refractivity contribution >= 4 is 11.6 Å². The molecule has 0 saturated heterocycles. The fraction of sp³-hybridized carbons (Fsp3) is 0.208. The van der Waals surface area contributed by atoms with Gasteiger partial charge in [-0.1, -0.05) is 73.6 Å². The van der Waals surface area contributed by atoms with Gasteiger partial charge in [0.1, 0.15) is 0 Å². The number of aromatic nitrogens is 4. The molecule has 0 saturated carbocycles. The molecule has 4 aromatic rings. The summed E-state index contributed by atoms with van der Waals surface area (Å²) in [5.41, 5.74) is 3.61. The second kappa shape index (κ2) is 9.30. The number of hydrogen-bond acceptors (Lipinski definition) is 6. The van der Waals surface area contributed by atoms with Crippen molar-refractivity contribution in [1.82, 2.24) is 20.1 Å². The van der Waals surface area contributed by atoms with E-state index in [1.807, 2.05) is 42.5 Å². The third kappa shape index (κ3) is 5.19. The minimum Gasteiger partial charge on any atom is -0.339 e. The Hall–Kier alpha value is -3.87. The Bertz CT molecular complexity index is 1140. The molecule has 1 amide bonds. The predicted molar refractivity (Wildman–Crippen MR) is 118 cm³/mol. The SMILES string of the molecule is CC(C)c1ccc(-c2noc(CCC(=O)Nc3cnc(-c4ccccc4)nc3)n2)cc1. The van der Waals surface area contributed by atoms with Crippen molar-refractivity contribution in [3.63, 3.8) is 0 Å². The maximum atomic E-state index is 12.3. The smallest absolute Gasteiger partial charge is 0.227 e. The average Bonchev–Trinajstić information content (AvgIpc) is 3.28. The van der Waals surface area contributed by atoms with Gasteiger partial charge in [0.15, 0.2) is 5.82 Å². The minimum absolute atomic E-state index is 0.169. The molecule has 1 N–H and O–H groups in total. The monoisotopic (exact) mass is 413 g/mol. The van der Waals surface area contributed by atoms with E-state index in [9.17, 15) is 4.79 Å². The molecule has 0 aliphatic carbocycles. The van der Waals surface area contributed by atoms with Gasteiger partial charge in [-0.05, 0) is 11.5 Å². The summed E-state index contributed by atoms with van der Waals surface area (Å²) in [4.78, 5) is 25.3. The molecule has 4 rings (SSSR count). The van der Waals surface area contributed by atoms with Crippen molar-refractivity contribution in [2.45, 2.75) is 32.6 Å². The zero-order chi connectivity index (χ0) is 21.6. The van der Waals surface area contributed by atoms with Crippen molar-refractivity contribution < 1.29 is 9.32 Å². The first-order valence-corrected chi connectivity index (χ1v) is 10.2. The van der Waals surface area contributed by atoms with E-state index in [0.29, 0.717) is 35.6 Å². The molecular weight excluding hydrogens is 390 g/mol. The molecule has 0 aliphatic rings. The molecule has 0 radical (unpaired) electrons. The van der Waals surface area contributed by atoms with Gasteiger partial charge in [0.25, 0.3) is 0 Å². The summed E-state index contributed by atoms with van der Waals surface area (Å²) < 4.78 is 5.30. The van der Waals surface area contributed by atoms with Gasteiger partial charge in [-0.25, -0.2) is 9.97 Å². The van der Waals surface area contributed by atoms with E-state index >= 15 is 0 Å². The number of aryl methyl sites for hydroxylation is 1. The minimum atomic E-state index is -0.169. The number of anilines is 1. The van der Waals surface area contributed by atoms with Gasteiger partial charge >= 0.3 is 0 Å². The zero-order valence-electron chi connectivity index (χ0n) is 17.4. The van der Waals surface area contributed by atoms with E-state index in [0.717, 1.165) is 11.1 Å². The van der Waals surface area contributed by atoms with Crippen molar-refractivity contribution in [1.29, 1.82) is 0 Å². The number of carbonyl (C=O) groups is 1. The highest BCUT2D eigenvalue weighted by atomic mass is 16.5. The van der Waals surface area contributed by atoms with Crippen LogP contribution < -0.4 is 5.32 Å². The van der Waals surface area contributed by atoms with Crippen LogP contribution in [0, 0.1) is 0 Å². The first-order valence-electron chi connectivity index (χ1n) is 10.2. The van der Waals surface area contributed by atoms with Crippen LogP contribution in [0.3, 0.4) is 0 Å². The summed E-state index contributed by atoms with van der Waals surface area (Å²) in [7, 11) is 0. The maximum absolute atomic E-state index is 12.3. The molecule has 0 unspecified atom stereocenters. The van der Waals surface area contributed by atoms with Gasteiger partial charge in [0.05, 0.1) is 18.1 Å². The molecule has 156 valence electrons. The van der Waals surface area contributed by atoms with Crippen LogP contribution in [0.5, 0.6) is 0 Å². The molecule has 7 nitrogen and oxygen atoms in total. The quantitative estimate of drug-likeness (QED) is 0.464. The van der Waals surface area contributed by atoms with E-state index in [1.54, 1.807) is 12.4 Å². The Morgan fingerprint density at radius 3 is 2.29 bits per heavy atom. The summed E-state index contributed by atoms with van der Waals surface area (Å²) >= 11 is 0. The molecule has 7 heteroatoms. The average molecular weight is 413 g/mol. The highest BCUT2D eigenvalue weighted by molar-refractivity contribution is 5.90. The Morgan fingerprint density at radius 1 is 0.935 bits per heavy atom. The first kappa shape index (κ1) is 20.4. The van der Waals surface area contributed by atoms with Crippen LogP contribution in [0.15, 0.2) is 71.5 Å². The van der Waals surface area contributed by atoms with Gasteiger partial charge in [-0.2, -0.15) is 4.98 Å². The standard InChI is InChI=1S/C24H23N5O2/c1-16(2)17-8-10-19(11-9-17)24-28-22(31-29-24)13-12-21(30)27-20-14-25-23(26-15-20)18-6-4-3-5-7-18/h3-11,14-16H,12-13H2,1-2H3,(H,27,30). The van der Waals surface area contributed by atoms with Crippen LogP contribution in [-0.4, -0.2) is 26.0 Å². The molecule has 0 aliphatic heterocycles. The van der Waals surface area contributed by atoms with Crippen LogP contribution in [0.1, 0.15) is 37.6 Å². The van der Waals surface area contributed by atoms with E-state index in [-0.39, 0.29) is 12.3 Å². The molecule has 2 heterocycles. The Morgan fingerprint density at radius 2 is 1.61 bits per heavy atom. The maximum Gasteiger partial charge on any atom is 0.227 e. The van der Waals surface area contributed by atoms with Gasteiger partial charge < -0.3 is 9.84 Å². The van der Waals surface area contributed by atoms with Crippen molar-refractivity contribution in [2.75, 3.05) is 5.32 Å². The number of nitrogens with zero attached hydrogens (tertiary/aromatic N) is 4. The van der Waals surface area contributed by atoms with E-state index in [2.05, 4.69) is 51.4 Å². The van der Waals surface area contributed by atoms with Crippen molar-refractivity contribution in [3.05, 3.63) is 78.4 Å². The summed E-state index contributed by atoms with van der Waals surface area (Å²) in [5, 5.41) is 6.82. The van der Waals surface area contributed by atoms with E-state index in [1.165, 1.54) is 5.56 Å². The van der Waals surface area contributed by atoms with Crippen LogP contribution in [-0.2, 0) is 11.2 Å². The summed E-state index contributed by atoms with van der Waals surface area (Å²) in [6.07, 6.45) is 3.76. The number of carbonyl (C=O) groups excluding carboxylic acids is 1. The van der Waals surface area contributed by atoms with Crippen LogP contribution in [0.2, 0.25) is 0 Å². The highest BCUT2D eigenvalue weighted by Gasteiger charge is 2.12. The predicted octanol–water partition coefficient (Wildman–Crippen LogP) is 4.89. The van der Waals surface area contributed by atoms with Crippen LogP contribution in [0.25, 0.3) is 22.8 Å². The fourth-order valence-electron chi connectivity index (χ4n) is 3.06. The lowest BCUT2D eigenvalue weighted by atomic mass is 10.0. The zero-order valence-corrected chi connectivity index (χ0v) is 17.4. The highest BCUT2D eigenvalue weighted by Crippen LogP contribution is 2.21. The van der Waals surface area contributed by atoms with E-state index < -0.39 is 0 Å².